The topological polar surface area (TPSA) is 114 Å². The van der Waals surface area contributed by atoms with Crippen LogP contribution in [0, 0.1) is 10.1 Å². The number of nitro groups is 1. The Kier molecular flexibility index (Phi) is 5.90. The maximum absolute atomic E-state index is 12.7. The molecule has 0 atom stereocenters. The van der Waals surface area contributed by atoms with Gasteiger partial charge in [0, 0.05) is 25.2 Å². The SMILES string of the molecule is O=C(CN1C(=O)S/C(=C\c2ccc(-c3ccccc3[N+](=O)[O-])o2)C1=O)N1CCCCC1. The number of carbonyl (C=O) groups excluding carboxylic acids is 3. The van der Waals surface area contributed by atoms with Gasteiger partial charge in [0.1, 0.15) is 18.1 Å². The van der Waals surface area contributed by atoms with Crippen LogP contribution < -0.4 is 0 Å². The molecule has 1 aromatic carbocycles. The van der Waals surface area contributed by atoms with Crippen molar-refractivity contribution in [3.63, 3.8) is 0 Å². The summed E-state index contributed by atoms with van der Waals surface area (Å²) in [5, 5.41) is 10.7. The Morgan fingerprint density at radius 3 is 2.61 bits per heavy atom. The molecular formula is C21H19N3O6S. The van der Waals surface area contributed by atoms with Gasteiger partial charge in [-0.25, -0.2) is 0 Å². The summed E-state index contributed by atoms with van der Waals surface area (Å²) in [7, 11) is 0. The number of piperidine rings is 1. The van der Waals surface area contributed by atoms with Gasteiger partial charge in [-0.1, -0.05) is 12.1 Å². The fraction of sp³-hybridized carbons (Fsp3) is 0.286. The molecule has 0 aliphatic carbocycles. The summed E-state index contributed by atoms with van der Waals surface area (Å²) < 4.78 is 5.67. The van der Waals surface area contributed by atoms with Crippen molar-refractivity contribution < 1.29 is 23.7 Å². The van der Waals surface area contributed by atoms with Gasteiger partial charge in [-0.2, -0.15) is 0 Å². The lowest BCUT2D eigenvalue weighted by Crippen LogP contribution is -2.44. The molecule has 1 aromatic heterocycles. The van der Waals surface area contributed by atoms with Crippen LogP contribution in [-0.4, -0.2) is 51.4 Å². The van der Waals surface area contributed by atoms with Crippen LogP contribution in [0.1, 0.15) is 25.0 Å². The highest BCUT2D eigenvalue weighted by Crippen LogP contribution is 2.35. The highest BCUT2D eigenvalue weighted by molar-refractivity contribution is 8.18. The highest BCUT2D eigenvalue weighted by atomic mass is 32.2. The van der Waals surface area contributed by atoms with Crippen molar-refractivity contribution in [2.24, 2.45) is 0 Å². The van der Waals surface area contributed by atoms with Crippen LogP contribution in [0.25, 0.3) is 17.4 Å². The third-order valence-electron chi connectivity index (χ3n) is 5.14. The molecule has 10 heteroatoms. The molecule has 0 unspecified atom stereocenters. The van der Waals surface area contributed by atoms with E-state index < -0.39 is 16.1 Å². The number of para-hydroxylation sites is 1. The van der Waals surface area contributed by atoms with Gasteiger partial charge in [0.15, 0.2) is 0 Å². The number of hydrogen-bond donors (Lipinski definition) is 0. The first kappa shape index (κ1) is 20.9. The molecule has 2 aromatic rings. The zero-order valence-electron chi connectivity index (χ0n) is 16.5. The van der Waals surface area contributed by atoms with E-state index in [2.05, 4.69) is 0 Å². The summed E-state index contributed by atoms with van der Waals surface area (Å²) in [5.41, 5.74) is 0.215. The quantitative estimate of drug-likeness (QED) is 0.393. The minimum atomic E-state index is -0.552. The standard InChI is InChI=1S/C21H19N3O6S/c25-19(22-10-4-1-5-11-22)13-23-20(26)18(31-21(23)27)12-14-8-9-17(30-14)15-6-2-3-7-16(15)24(28)29/h2-3,6-9,12H,1,4-5,10-11,13H2/b18-12-. The van der Waals surface area contributed by atoms with Crippen LogP contribution >= 0.6 is 11.8 Å². The molecule has 2 aliphatic heterocycles. The second-order valence-electron chi connectivity index (χ2n) is 7.19. The number of nitro benzene ring substituents is 1. The predicted octanol–water partition coefficient (Wildman–Crippen LogP) is 3.90. The zero-order chi connectivity index (χ0) is 22.0. The van der Waals surface area contributed by atoms with Crippen LogP contribution in [0.3, 0.4) is 0 Å². The van der Waals surface area contributed by atoms with Crippen molar-refractivity contribution in [2.75, 3.05) is 19.6 Å². The van der Waals surface area contributed by atoms with Gasteiger partial charge >= 0.3 is 0 Å². The van der Waals surface area contributed by atoms with E-state index in [0.29, 0.717) is 18.7 Å². The normalized spacial score (nSPS) is 18.1. The Hall–Kier alpha value is -3.40. The van der Waals surface area contributed by atoms with E-state index in [9.17, 15) is 24.5 Å². The van der Waals surface area contributed by atoms with Crippen LogP contribution in [0.4, 0.5) is 10.5 Å². The molecule has 2 fully saturated rings. The van der Waals surface area contributed by atoms with E-state index in [1.165, 1.54) is 12.1 Å². The van der Waals surface area contributed by atoms with E-state index in [0.717, 1.165) is 35.9 Å². The first-order chi connectivity index (χ1) is 14.9. The summed E-state index contributed by atoms with van der Waals surface area (Å²) in [6.07, 6.45) is 4.34. The lowest BCUT2D eigenvalue weighted by atomic mass is 10.1. The Morgan fingerprint density at radius 1 is 1.13 bits per heavy atom. The number of hydrogen-bond acceptors (Lipinski definition) is 7. The molecular weight excluding hydrogens is 422 g/mol. The third kappa shape index (κ3) is 4.38. The lowest BCUT2D eigenvalue weighted by molar-refractivity contribution is -0.384. The number of carbonyl (C=O) groups is 3. The molecule has 0 spiro atoms. The second kappa shape index (κ2) is 8.76. The van der Waals surface area contributed by atoms with Gasteiger partial charge in [0.05, 0.1) is 15.4 Å². The van der Waals surface area contributed by atoms with Gasteiger partial charge in [-0.15, -0.1) is 0 Å². The molecule has 9 nitrogen and oxygen atoms in total. The number of benzene rings is 1. The Morgan fingerprint density at radius 2 is 1.87 bits per heavy atom. The molecule has 0 saturated carbocycles. The first-order valence-corrected chi connectivity index (χ1v) is 10.6. The van der Waals surface area contributed by atoms with Crippen molar-refractivity contribution in [1.82, 2.24) is 9.80 Å². The number of rotatable bonds is 5. The average Bonchev–Trinajstić information content (AvgIpc) is 3.34. The van der Waals surface area contributed by atoms with Crippen molar-refractivity contribution in [3.8, 4) is 11.3 Å². The molecule has 31 heavy (non-hydrogen) atoms. The monoisotopic (exact) mass is 441 g/mol. The van der Waals surface area contributed by atoms with E-state index in [-0.39, 0.29) is 34.6 Å². The van der Waals surface area contributed by atoms with Crippen LogP contribution in [0.2, 0.25) is 0 Å². The molecule has 2 saturated heterocycles. The van der Waals surface area contributed by atoms with Gasteiger partial charge in [-0.05, 0) is 49.2 Å². The fourth-order valence-electron chi connectivity index (χ4n) is 3.56. The summed E-state index contributed by atoms with van der Waals surface area (Å²) in [6.45, 7) is 1.01. The van der Waals surface area contributed by atoms with E-state index >= 15 is 0 Å². The van der Waals surface area contributed by atoms with Gasteiger partial charge in [0.25, 0.3) is 16.8 Å². The van der Waals surface area contributed by atoms with Crippen molar-refractivity contribution in [3.05, 3.63) is 57.2 Å². The molecule has 3 amide bonds. The smallest absolute Gasteiger partial charge is 0.294 e. The highest BCUT2D eigenvalue weighted by Gasteiger charge is 2.37. The number of nitrogens with zero attached hydrogens (tertiary/aromatic N) is 3. The Labute approximate surface area is 181 Å². The fourth-order valence-corrected chi connectivity index (χ4v) is 4.38. The van der Waals surface area contributed by atoms with Crippen LogP contribution in [0.5, 0.6) is 0 Å². The summed E-state index contributed by atoms with van der Waals surface area (Å²) >= 11 is 0.738. The minimum absolute atomic E-state index is 0.0973. The predicted molar refractivity (Wildman–Crippen MR) is 114 cm³/mol. The molecule has 2 aliphatic rings. The third-order valence-corrected chi connectivity index (χ3v) is 6.05. The lowest BCUT2D eigenvalue weighted by Gasteiger charge is -2.27. The molecule has 0 radical (unpaired) electrons. The summed E-state index contributed by atoms with van der Waals surface area (Å²) in [4.78, 5) is 50.9. The van der Waals surface area contributed by atoms with E-state index in [1.807, 2.05) is 0 Å². The molecule has 0 bridgehead atoms. The number of thioether (sulfide) groups is 1. The number of likely N-dealkylation sites (tertiary alicyclic amines) is 1. The summed E-state index contributed by atoms with van der Waals surface area (Å²) in [6, 6.07) is 9.31. The van der Waals surface area contributed by atoms with Gasteiger partial charge in [0.2, 0.25) is 5.91 Å². The minimum Gasteiger partial charge on any atom is -0.456 e. The van der Waals surface area contributed by atoms with Crippen LogP contribution in [-0.2, 0) is 9.59 Å². The number of furan rings is 1. The van der Waals surface area contributed by atoms with Crippen molar-refractivity contribution >= 4 is 40.6 Å². The molecule has 0 N–H and O–H groups in total. The Bertz CT molecular complexity index is 1090. The maximum Gasteiger partial charge on any atom is 0.294 e. The molecule has 3 heterocycles. The first-order valence-electron chi connectivity index (χ1n) is 9.81. The van der Waals surface area contributed by atoms with Crippen molar-refractivity contribution in [2.45, 2.75) is 19.3 Å². The van der Waals surface area contributed by atoms with Gasteiger partial charge in [-0.3, -0.25) is 29.4 Å². The number of amides is 3. The zero-order valence-corrected chi connectivity index (χ0v) is 17.3. The number of imide groups is 1. The Balaban J connectivity index is 1.50. The van der Waals surface area contributed by atoms with E-state index in [4.69, 9.17) is 4.42 Å². The van der Waals surface area contributed by atoms with Crippen LogP contribution in [0.15, 0.2) is 45.7 Å². The maximum atomic E-state index is 12.7. The largest absolute Gasteiger partial charge is 0.456 e. The average molecular weight is 441 g/mol. The summed E-state index contributed by atoms with van der Waals surface area (Å²) in [5.74, 6) is -0.233. The second-order valence-corrected chi connectivity index (χ2v) is 8.18. The van der Waals surface area contributed by atoms with Gasteiger partial charge < -0.3 is 9.32 Å². The molecule has 160 valence electrons. The van der Waals surface area contributed by atoms with E-state index in [1.54, 1.807) is 35.2 Å². The molecule has 4 rings (SSSR count). The van der Waals surface area contributed by atoms with Crippen molar-refractivity contribution in [1.29, 1.82) is 0 Å².